The van der Waals surface area contributed by atoms with Crippen molar-refractivity contribution in [3.05, 3.63) is 34.7 Å². The summed E-state index contributed by atoms with van der Waals surface area (Å²) in [4.78, 5) is 14.2. The molecule has 1 aliphatic rings. The third-order valence-electron chi connectivity index (χ3n) is 3.91. The molecule has 4 heteroatoms. The number of nitrogens with zero attached hydrogens (tertiary/aromatic N) is 2. The van der Waals surface area contributed by atoms with Gasteiger partial charge in [0.1, 0.15) is 0 Å². The molecule has 4 nitrogen and oxygen atoms in total. The molecule has 0 aliphatic carbocycles. The smallest absolute Gasteiger partial charge is 0.250 e. The highest BCUT2D eigenvalue weighted by Crippen LogP contribution is 2.16. The normalized spacial score (nSPS) is 20.6. The first kappa shape index (κ1) is 14.3. The molecule has 0 spiro atoms. The number of likely N-dealkylation sites (N-methyl/N-ethyl adjacent to an activating group) is 1. The summed E-state index contributed by atoms with van der Waals surface area (Å²) in [6, 6.07) is 5.99. The van der Waals surface area contributed by atoms with E-state index in [1.165, 1.54) is 19.3 Å². The van der Waals surface area contributed by atoms with E-state index in [2.05, 4.69) is 17.1 Å². The second kappa shape index (κ2) is 7.46. The second-order valence-electron chi connectivity index (χ2n) is 5.23. The minimum absolute atomic E-state index is 0.0998. The van der Waals surface area contributed by atoms with Crippen LogP contribution in [-0.4, -0.2) is 41.7 Å². The molecule has 1 aliphatic heterocycles. The first-order chi connectivity index (χ1) is 9.31. The number of aromatic nitrogens is 1. The fourth-order valence-electron chi connectivity index (χ4n) is 2.78. The van der Waals surface area contributed by atoms with E-state index in [0.29, 0.717) is 6.04 Å². The van der Waals surface area contributed by atoms with Gasteiger partial charge in [0.2, 0.25) is 0 Å². The van der Waals surface area contributed by atoms with Gasteiger partial charge in [-0.15, -0.1) is 0 Å². The molecule has 2 rings (SSSR count). The van der Waals surface area contributed by atoms with Crippen molar-refractivity contribution in [1.82, 2.24) is 14.8 Å². The maximum atomic E-state index is 11.7. The van der Waals surface area contributed by atoms with Gasteiger partial charge in [-0.05, 0) is 32.0 Å². The average Bonchev–Trinajstić information content (AvgIpc) is 2.45. The number of hydrogen-bond donors (Lipinski definition) is 1. The largest absolute Gasteiger partial charge is 0.315 e. The van der Waals surface area contributed by atoms with Gasteiger partial charge in [0.25, 0.3) is 5.56 Å². The van der Waals surface area contributed by atoms with Crippen LogP contribution in [0.5, 0.6) is 0 Å². The third-order valence-corrected chi connectivity index (χ3v) is 3.91. The fraction of sp³-hybridized carbons (Fsp3) is 0.667. The molecule has 1 unspecified atom stereocenters. The Kier molecular flexibility index (Phi) is 5.61. The highest BCUT2D eigenvalue weighted by atomic mass is 16.1. The Bertz CT molecular complexity index is 429. The van der Waals surface area contributed by atoms with E-state index in [-0.39, 0.29) is 5.56 Å². The van der Waals surface area contributed by atoms with Crippen LogP contribution < -0.4 is 10.9 Å². The van der Waals surface area contributed by atoms with Crippen LogP contribution in [0.1, 0.15) is 26.2 Å². The topological polar surface area (TPSA) is 37.3 Å². The van der Waals surface area contributed by atoms with Gasteiger partial charge in [0.05, 0.1) is 0 Å². The van der Waals surface area contributed by atoms with Gasteiger partial charge < -0.3 is 9.88 Å². The van der Waals surface area contributed by atoms with Gasteiger partial charge >= 0.3 is 0 Å². The third kappa shape index (κ3) is 4.18. The predicted molar refractivity (Wildman–Crippen MR) is 78.5 cm³/mol. The van der Waals surface area contributed by atoms with E-state index in [0.717, 1.165) is 32.7 Å². The summed E-state index contributed by atoms with van der Waals surface area (Å²) >= 11 is 0. The van der Waals surface area contributed by atoms with Crippen LogP contribution in [-0.2, 0) is 6.54 Å². The summed E-state index contributed by atoms with van der Waals surface area (Å²) in [7, 11) is 0. The molecule has 0 bridgehead atoms. The lowest BCUT2D eigenvalue weighted by atomic mass is 10.0. The summed E-state index contributed by atoms with van der Waals surface area (Å²) in [6.07, 6.45) is 5.77. The van der Waals surface area contributed by atoms with Crippen molar-refractivity contribution >= 4 is 0 Å². The van der Waals surface area contributed by atoms with E-state index >= 15 is 0 Å². The van der Waals surface area contributed by atoms with Crippen LogP contribution in [0.3, 0.4) is 0 Å². The van der Waals surface area contributed by atoms with Gasteiger partial charge in [-0.1, -0.05) is 19.4 Å². The summed E-state index contributed by atoms with van der Waals surface area (Å²) < 4.78 is 1.80. The molecule has 1 atom stereocenters. The van der Waals surface area contributed by atoms with Gasteiger partial charge in [-0.25, -0.2) is 0 Å². The van der Waals surface area contributed by atoms with E-state index in [1.807, 2.05) is 12.3 Å². The molecule has 106 valence electrons. The number of likely N-dealkylation sites (tertiary alicyclic amines) is 1. The van der Waals surface area contributed by atoms with Crippen molar-refractivity contribution in [3.63, 3.8) is 0 Å². The lowest BCUT2D eigenvalue weighted by Gasteiger charge is -2.36. The molecule has 19 heavy (non-hydrogen) atoms. The SMILES string of the molecule is CCNCC1CCCCN1CCn1ccccc1=O. The Balaban J connectivity index is 1.89. The maximum absolute atomic E-state index is 11.7. The molecule has 1 saturated heterocycles. The molecule has 1 N–H and O–H groups in total. The summed E-state index contributed by atoms with van der Waals surface area (Å²) in [6.45, 7) is 7.18. The van der Waals surface area contributed by atoms with Crippen molar-refractivity contribution < 1.29 is 0 Å². The fourth-order valence-corrected chi connectivity index (χ4v) is 2.78. The zero-order chi connectivity index (χ0) is 13.5. The molecule has 2 heterocycles. The van der Waals surface area contributed by atoms with Gasteiger partial charge in [-0.3, -0.25) is 9.69 Å². The van der Waals surface area contributed by atoms with Crippen LogP contribution in [0, 0.1) is 0 Å². The lowest BCUT2D eigenvalue weighted by molar-refractivity contribution is 0.140. The van der Waals surface area contributed by atoms with Gasteiger partial charge in [0.15, 0.2) is 0 Å². The standard InChI is InChI=1S/C15H25N3O/c1-2-16-13-14-7-3-5-9-17(14)11-12-18-10-6-4-8-15(18)19/h4,6,8,10,14,16H,2-3,5,7,9,11-13H2,1H3. The minimum Gasteiger partial charge on any atom is -0.315 e. The molecule has 0 saturated carbocycles. The highest BCUT2D eigenvalue weighted by molar-refractivity contribution is 4.93. The van der Waals surface area contributed by atoms with Crippen LogP contribution in [0.25, 0.3) is 0 Å². The molecule has 0 aromatic carbocycles. The molecule has 1 aromatic rings. The molecule has 1 fully saturated rings. The van der Waals surface area contributed by atoms with Crippen LogP contribution in [0.2, 0.25) is 0 Å². The van der Waals surface area contributed by atoms with Crippen LogP contribution >= 0.6 is 0 Å². The molecule has 1 aromatic heterocycles. The predicted octanol–water partition coefficient (Wildman–Crippen LogP) is 1.31. The van der Waals surface area contributed by atoms with Crippen molar-refractivity contribution in [2.45, 2.75) is 38.8 Å². The van der Waals surface area contributed by atoms with Gasteiger partial charge in [-0.2, -0.15) is 0 Å². The Labute approximate surface area is 115 Å². The molecule has 0 amide bonds. The van der Waals surface area contributed by atoms with Crippen molar-refractivity contribution in [3.8, 4) is 0 Å². The first-order valence-corrected chi connectivity index (χ1v) is 7.41. The quantitative estimate of drug-likeness (QED) is 0.841. The average molecular weight is 263 g/mol. The Morgan fingerprint density at radius 3 is 3.00 bits per heavy atom. The van der Waals surface area contributed by atoms with Crippen molar-refractivity contribution in [2.75, 3.05) is 26.2 Å². The number of rotatable bonds is 6. The highest BCUT2D eigenvalue weighted by Gasteiger charge is 2.21. The van der Waals surface area contributed by atoms with Crippen LogP contribution in [0.15, 0.2) is 29.2 Å². The molecular formula is C15H25N3O. The zero-order valence-electron chi connectivity index (χ0n) is 11.8. The first-order valence-electron chi connectivity index (χ1n) is 7.41. The number of piperidine rings is 1. The summed E-state index contributed by atoms with van der Waals surface area (Å²) in [5.41, 5.74) is 0.0998. The van der Waals surface area contributed by atoms with Gasteiger partial charge in [0, 0.05) is 37.9 Å². The maximum Gasteiger partial charge on any atom is 0.250 e. The molecular weight excluding hydrogens is 238 g/mol. The monoisotopic (exact) mass is 263 g/mol. The summed E-state index contributed by atoms with van der Waals surface area (Å²) in [5, 5.41) is 3.45. The van der Waals surface area contributed by atoms with E-state index < -0.39 is 0 Å². The van der Waals surface area contributed by atoms with Crippen molar-refractivity contribution in [1.29, 1.82) is 0 Å². The zero-order valence-corrected chi connectivity index (χ0v) is 11.8. The Hall–Kier alpha value is -1.13. The lowest BCUT2D eigenvalue weighted by Crippen LogP contribution is -2.47. The van der Waals surface area contributed by atoms with E-state index in [1.54, 1.807) is 16.7 Å². The number of pyridine rings is 1. The van der Waals surface area contributed by atoms with Crippen LogP contribution in [0.4, 0.5) is 0 Å². The van der Waals surface area contributed by atoms with Crippen molar-refractivity contribution in [2.24, 2.45) is 0 Å². The number of hydrogen-bond acceptors (Lipinski definition) is 3. The second-order valence-corrected chi connectivity index (χ2v) is 5.23. The number of nitrogens with one attached hydrogen (secondary N) is 1. The Morgan fingerprint density at radius 2 is 2.21 bits per heavy atom. The summed E-state index contributed by atoms with van der Waals surface area (Å²) in [5.74, 6) is 0. The van der Waals surface area contributed by atoms with E-state index in [9.17, 15) is 4.79 Å². The molecule has 0 radical (unpaired) electrons. The Morgan fingerprint density at radius 1 is 1.32 bits per heavy atom. The minimum atomic E-state index is 0.0998. The van der Waals surface area contributed by atoms with E-state index in [4.69, 9.17) is 0 Å².